The number of ketones is 1. The van der Waals surface area contributed by atoms with Crippen LogP contribution in [0.2, 0.25) is 0 Å². The Morgan fingerprint density at radius 2 is 1.81 bits per heavy atom. The topological polar surface area (TPSA) is 83.5 Å². The summed E-state index contributed by atoms with van der Waals surface area (Å²) in [7, 11) is 0. The van der Waals surface area contributed by atoms with Crippen LogP contribution in [0.3, 0.4) is 0 Å². The fraction of sp³-hybridized carbons (Fsp3) is 0.731. The van der Waals surface area contributed by atoms with Gasteiger partial charge in [0.25, 0.3) is 0 Å². The minimum atomic E-state index is -0.824. The molecule has 4 rings (SSSR count). The average molecular weight is 428 g/mol. The van der Waals surface area contributed by atoms with E-state index in [-0.39, 0.29) is 28.4 Å². The van der Waals surface area contributed by atoms with Gasteiger partial charge in [-0.15, -0.1) is 0 Å². The fourth-order valence-electron chi connectivity index (χ4n) is 7.41. The van der Waals surface area contributed by atoms with Crippen molar-refractivity contribution in [2.24, 2.45) is 34.5 Å². The summed E-state index contributed by atoms with van der Waals surface area (Å²) in [6, 6.07) is 0. The van der Waals surface area contributed by atoms with Gasteiger partial charge >= 0.3 is 5.97 Å². The van der Waals surface area contributed by atoms with Gasteiger partial charge in [-0.1, -0.05) is 19.9 Å². The molecule has 2 N–H and O–H groups in total. The summed E-state index contributed by atoms with van der Waals surface area (Å²) in [4.78, 5) is 36.7. The highest BCUT2D eigenvalue weighted by molar-refractivity contribution is 5.91. The molecule has 0 heterocycles. The van der Waals surface area contributed by atoms with Gasteiger partial charge < -0.3 is 10.4 Å². The van der Waals surface area contributed by atoms with E-state index in [1.54, 1.807) is 13.8 Å². The maximum Gasteiger partial charge on any atom is 0.331 e. The van der Waals surface area contributed by atoms with E-state index in [0.717, 1.165) is 38.5 Å². The van der Waals surface area contributed by atoms with Crippen LogP contribution in [0.1, 0.15) is 79.6 Å². The molecule has 31 heavy (non-hydrogen) atoms. The summed E-state index contributed by atoms with van der Waals surface area (Å²) < 4.78 is 0. The molecule has 5 nitrogen and oxygen atoms in total. The number of amides is 1. The van der Waals surface area contributed by atoms with Crippen molar-refractivity contribution >= 4 is 17.7 Å². The number of allylic oxidation sites excluding steroid dienone is 3. The lowest BCUT2D eigenvalue weighted by molar-refractivity contribution is -0.137. The van der Waals surface area contributed by atoms with E-state index in [1.807, 2.05) is 6.08 Å². The summed E-state index contributed by atoms with van der Waals surface area (Å²) in [6.45, 7) is 9.74. The van der Waals surface area contributed by atoms with E-state index in [0.29, 0.717) is 29.7 Å². The number of aliphatic carboxylic acids is 1. The SMILES string of the molecule is CC(=O)C(C)(C)NC(=O)[C@H]1CC[C@H]2[C@@H]3CC=C4C=C(C(=O)O)CC[C@]4(C)[C@H]3CC[C@]12C. The molecule has 0 aromatic carbocycles. The molecule has 5 heteroatoms. The highest BCUT2D eigenvalue weighted by Crippen LogP contribution is 2.66. The summed E-state index contributed by atoms with van der Waals surface area (Å²) >= 11 is 0. The molecule has 0 spiro atoms. The molecule has 6 atom stereocenters. The monoisotopic (exact) mass is 427 g/mol. The van der Waals surface area contributed by atoms with Crippen LogP contribution in [0.15, 0.2) is 23.3 Å². The standard InChI is InChI=1S/C26H37NO4/c1-15(28)24(2,3)27-22(29)21-9-8-19-18-7-6-17-14-16(23(30)31)10-12-25(17,4)20(18)11-13-26(19,21)5/h6,14,18-21H,7-13H2,1-5H3,(H,27,29)(H,30,31)/t18-,19-,20-,21+,25-,26-/m0/s1. The number of hydrogen-bond donors (Lipinski definition) is 2. The normalized spacial score (nSPS) is 39.4. The maximum atomic E-state index is 13.2. The van der Waals surface area contributed by atoms with Crippen LogP contribution in [0, 0.1) is 34.5 Å². The smallest absolute Gasteiger partial charge is 0.331 e. The van der Waals surface area contributed by atoms with Gasteiger partial charge in [-0.2, -0.15) is 0 Å². The Morgan fingerprint density at radius 3 is 2.45 bits per heavy atom. The zero-order chi connectivity index (χ0) is 22.8. The predicted octanol–water partition coefficient (Wildman–Crippen LogP) is 4.67. The number of carbonyl (C=O) groups is 3. The molecule has 0 aliphatic heterocycles. The Hall–Kier alpha value is -1.91. The Bertz CT molecular complexity index is 884. The Morgan fingerprint density at radius 1 is 1.10 bits per heavy atom. The van der Waals surface area contributed by atoms with E-state index in [4.69, 9.17) is 0 Å². The molecule has 1 amide bonds. The number of carboxylic acids is 1. The summed E-state index contributed by atoms with van der Waals surface area (Å²) in [6.07, 6.45) is 10.8. The average Bonchev–Trinajstić information content (AvgIpc) is 3.04. The Balaban J connectivity index is 1.58. The van der Waals surface area contributed by atoms with E-state index >= 15 is 0 Å². The van der Waals surface area contributed by atoms with Crippen LogP contribution in [-0.2, 0) is 14.4 Å². The number of rotatable bonds is 4. The van der Waals surface area contributed by atoms with Gasteiger partial charge in [0.05, 0.1) is 5.54 Å². The van der Waals surface area contributed by atoms with Crippen LogP contribution in [0.25, 0.3) is 0 Å². The largest absolute Gasteiger partial charge is 0.478 e. The van der Waals surface area contributed by atoms with Crippen molar-refractivity contribution in [3.05, 3.63) is 23.3 Å². The predicted molar refractivity (Wildman–Crippen MR) is 119 cm³/mol. The molecule has 0 radical (unpaired) electrons. The van der Waals surface area contributed by atoms with Crippen LogP contribution >= 0.6 is 0 Å². The van der Waals surface area contributed by atoms with Gasteiger partial charge in [0, 0.05) is 11.5 Å². The third kappa shape index (κ3) is 3.39. The molecular weight excluding hydrogens is 390 g/mol. The Kier molecular flexibility index (Phi) is 5.26. The third-order valence-corrected chi connectivity index (χ3v) is 9.68. The molecule has 0 unspecified atom stereocenters. The zero-order valence-electron chi connectivity index (χ0n) is 19.6. The van der Waals surface area contributed by atoms with Gasteiger partial charge in [0.15, 0.2) is 5.78 Å². The Labute approximate surface area is 185 Å². The van der Waals surface area contributed by atoms with E-state index < -0.39 is 11.5 Å². The second kappa shape index (κ2) is 7.31. The van der Waals surface area contributed by atoms with Gasteiger partial charge in [0.1, 0.15) is 0 Å². The lowest BCUT2D eigenvalue weighted by Gasteiger charge is -2.57. The molecule has 0 aromatic heterocycles. The van der Waals surface area contributed by atoms with Crippen molar-refractivity contribution in [3.63, 3.8) is 0 Å². The quantitative estimate of drug-likeness (QED) is 0.683. The molecule has 4 aliphatic rings. The van der Waals surface area contributed by atoms with Crippen LogP contribution in [0.5, 0.6) is 0 Å². The second-order valence-electron chi connectivity index (χ2n) is 11.5. The van der Waals surface area contributed by atoms with Crippen LogP contribution in [0.4, 0.5) is 0 Å². The van der Waals surface area contributed by atoms with Crippen molar-refractivity contribution < 1.29 is 19.5 Å². The zero-order valence-corrected chi connectivity index (χ0v) is 19.6. The highest BCUT2D eigenvalue weighted by atomic mass is 16.4. The number of fused-ring (bicyclic) bond motifs is 5. The third-order valence-electron chi connectivity index (χ3n) is 9.68. The molecule has 2 saturated carbocycles. The lowest BCUT2D eigenvalue weighted by Crippen LogP contribution is -2.54. The molecule has 2 fully saturated rings. The summed E-state index contributed by atoms with van der Waals surface area (Å²) in [5, 5.41) is 12.5. The van der Waals surface area contributed by atoms with Crippen molar-refractivity contribution in [2.75, 3.05) is 0 Å². The lowest BCUT2D eigenvalue weighted by atomic mass is 9.48. The number of Topliss-reactive ketones (excluding diaryl/α,β-unsaturated/α-hetero) is 1. The first kappa shape index (κ1) is 22.3. The molecule has 0 aromatic rings. The highest BCUT2D eigenvalue weighted by Gasteiger charge is 2.59. The molecule has 170 valence electrons. The van der Waals surface area contributed by atoms with Crippen molar-refractivity contribution in [1.29, 1.82) is 0 Å². The number of carboxylic acid groups (broad SMARTS) is 1. The first-order valence-electron chi connectivity index (χ1n) is 11.9. The molecular formula is C26H37NO4. The van der Waals surface area contributed by atoms with Crippen molar-refractivity contribution in [3.8, 4) is 0 Å². The molecule has 4 aliphatic carbocycles. The van der Waals surface area contributed by atoms with E-state index in [1.165, 1.54) is 12.5 Å². The number of hydrogen-bond acceptors (Lipinski definition) is 3. The van der Waals surface area contributed by atoms with E-state index in [2.05, 4.69) is 25.2 Å². The minimum absolute atomic E-state index is 0.0202. The molecule has 0 saturated heterocycles. The summed E-state index contributed by atoms with van der Waals surface area (Å²) in [5.41, 5.74) is 0.941. The molecule has 0 bridgehead atoms. The first-order chi connectivity index (χ1) is 14.4. The first-order valence-corrected chi connectivity index (χ1v) is 11.9. The minimum Gasteiger partial charge on any atom is -0.478 e. The van der Waals surface area contributed by atoms with Crippen molar-refractivity contribution in [1.82, 2.24) is 5.32 Å². The maximum absolute atomic E-state index is 13.2. The second-order valence-corrected chi connectivity index (χ2v) is 11.5. The van der Waals surface area contributed by atoms with Crippen LogP contribution < -0.4 is 5.32 Å². The van der Waals surface area contributed by atoms with Gasteiger partial charge in [-0.25, -0.2) is 4.79 Å². The number of nitrogens with one attached hydrogen (secondary N) is 1. The van der Waals surface area contributed by atoms with Crippen molar-refractivity contribution in [2.45, 2.75) is 85.1 Å². The van der Waals surface area contributed by atoms with Gasteiger partial charge in [-0.3, -0.25) is 9.59 Å². The fourth-order valence-corrected chi connectivity index (χ4v) is 7.41. The number of carbonyl (C=O) groups excluding carboxylic acids is 2. The van der Waals surface area contributed by atoms with Crippen LogP contribution in [-0.4, -0.2) is 28.3 Å². The summed E-state index contributed by atoms with van der Waals surface area (Å²) in [5.74, 6) is 0.779. The van der Waals surface area contributed by atoms with Gasteiger partial charge in [0.2, 0.25) is 5.91 Å². The van der Waals surface area contributed by atoms with E-state index in [9.17, 15) is 19.5 Å². The van der Waals surface area contributed by atoms with Gasteiger partial charge in [-0.05, 0) is 106 Å².